The van der Waals surface area contributed by atoms with Crippen LogP contribution in [0, 0.1) is 5.92 Å². The number of benzene rings is 1. The summed E-state index contributed by atoms with van der Waals surface area (Å²) in [6.45, 7) is -0.144. The molecule has 0 aliphatic carbocycles. The van der Waals surface area contributed by atoms with Crippen molar-refractivity contribution in [3.63, 3.8) is 0 Å². The molecule has 1 aromatic carbocycles. The van der Waals surface area contributed by atoms with Crippen LogP contribution in [0.3, 0.4) is 0 Å². The molecule has 8 nitrogen and oxygen atoms in total. The second-order valence-corrected chi connectivity index (χ2v) is 9.78. The number of halogens is 6. The van der Waals surface area contributed by atoms with Gasteiger partial charge in [-0.1, -0.05) is 12.1 Å². The molecule has 2 aliphatic rings. The van der Waals surface area contributed by atoms with E-state index < -0.39 is 42.3 Å². The number of piperidine rings is 1. The van der Waals surface area contributed by atoms with Crippen molar-refractivity contribution in [3.05, 3.63) is 47.8 Å². The Kier molecular flexibility index (Phi) is 8.64. The number of methoxy groups -OCH3 is 1. The van der Waals surface area contributed by atoms with Gasteiger partial charge in [-0.3, -0.25) is 4.68 Å². The number of hydrogen-bond acceptors (Lipinski definition) is 6. The van der Waals surface area contributed by atoms with Crippen LogP contribution in [0.2, 0.25) is 0 Å². The maximum atomic E-state index is 13.5. The summed E-state index contributed by atoms with van der Waals surface area (Å²) in [6, 6.07) is 6.61. The van der Waals surface area contributed by atoms with Crippen LogP contribution < -0.4 is 4.74 Å². The number of amides is 1. The van der Waals surface area contributed by atoms with E-state index >= 15 is 0 Å². The van der Waals surface area contributed by atoms with Gasteiger partial charge < -0.3 is 23.8 Å². The Bertz CT molecular complexity index is 1100. The molecule has 2 aliphatic heterocycles. The zero-order valence-corrected chi connectivity index (χ0v) is 21.1. The van der Waals surface area contributed by atoms with Crippen LogP contribution in [-0.2, 0) is 33.5 Å². The monoisotopic (exact) mass is 565 g/mol. The van der Waals surface area contributed by atoms with Gasteiger partial charge >= 0.3 is 18.4 Å². The lowest BCUT2D eigenvalue weighted by molar-refractivity contribution is -0.220. The van der Waals surface area contributed by atoms with E-state index in [2.05, 4.69) is 5.10 Å². The molecule has 2 fully saturated rings. The van der Waals surface area contributed by atoms with Gasteiger partial charge in [-0.25, -0.2) is 4.79 Å². The Morgan fingerprint density at radius 1 is 1.15 bits per heavy atom. The highest BCUT2D eigenvalue weighted by molar-refractivity contribution is 5.68. The van der Waals surface area contributed by atoms with Crippen LogP contribution >= 0.6 is 0 Å². The fraction of sp³-hybridized carbons (Fsp3) is 0.600. The SMILES string of the molecule is COc1ccc(COC[C@@H](OC(=O)N2CCC3(CC2)CC(Cn2cc(C(F)(F)F)cn2)CO3)C(F)(F)F)cc1. The molecule has 2 aromatic rings. The smallest absolute Gasteiger partial charge is 0.427 e. The number of carbonyl (C=O) groups is 1. The first-order chi connectivity index (χ1) is 18.4. The molecule has 2 saturated heterocycles. The van der Waals surface area contributed by atoms with Crippen LogP contribution in [0.5, 0.6) is 5.75 Å². The zero-order chi connectivity index (χ0) is 28.3. The van der Waals surface area contributed by atoms with E-state index in [0.29, 0.717) is 37.2 Å². The van der Waals surface area contributed by atoms with Gasteiger partial charge in [0.05, 0.1) is 44.3 Å². The number of likely N-dealkylation sites (tertiary alicyclic amines) is 1. The lowest BCUT2D eigenvalue weighted by Gasteiger charge is -2.38. The van der Waals surface area contributed by atoms with Gasteiger partial charge in [0.2, 0.25) is 6.10 Å². The molecule has 0 bridgehead atoms. The minimum atomic E-state index is -4.81. The number of alkyl halides is 6. The highest BCUT2D eigenvalue weighted by Gasteiger charge is 2.47. The van der Waals surface area contributed by atoms with Gasteiger partial charge in [-0.2, -0.15) is 31.4 Å². The topological polar surface area (TPSA) is 75.1 Å². The van der Waals surface area contributed by atoms with Crippen molar-refractivity contribution in [2.75, 3.05) is 33.4 Å². The summed E-state index contributed by atoms with van der Waals surface area (Å²) < 4.78 is 101. The summed E-state index contributed by atoms with van der Waals surface area (Å²) in [4.78, 5) is 13.7. The molecule has 1 aromatic heterocycles. The summed E-state index contributed by atoms with van der Waals surface area (Å²) in [5.41, 5.74) is -0.786. The molecule has 4 rings (SSSR count). The van der Waals surface area contributed by atoms with Crippen molar-refractivity contribution >= 4 is 6.09 Å². The molecular formula is C25H29F6N3O5. The second-order valence-electron chi connectivity index (χ2n) is 9.78. The number of ether oxygens (including phenoxy) is 4. The van der Waals surface area contributed by atoms with Crippen molar-refractivity contribution in [1.82, 2.24) is 14.7 Å². The standard InChI is InChI=1S/C25H29F6N3O5/c1-36-20-4-2-17(3-5-20)14-37-16-21(25(29,30)31)39-22(35)33-8-6-23(7-9-33)10-18(15-38-23)12-34-13-19(11-32-34)24(26,27)28/h2-5,11,13,18,21H,6-10,12,14-16H2,1H3/t18?,21-/m1/s1. The van der Waals surface area contributed by atoms with E-state index in [1.54, 1.807) is 24.3 Å². The number of hydrogen-bond donors (Lipinski definition) is 0. The van der Waals surface area contributed by atoms with Gasteiger partial charge in [-0.05, 0) is 37.0 Å². The fourth-order valence-corrected chi connectivity index (χ4v) is 4.77. The van der Waals surface area contributed by atoms with Gasteiger partial charge in [0.1, 0.15) is 5.75 Å². The van der Waals surface area contributed by atoms with Crippen molar-refractivity contribution in [1.29, 1.82) is 0 Å². The van der Waals surface area contributed by atoms with Crippen molar-refractivity contribution in [2.24, 2.45) is 5.92 Å². The maximum absolute atomic E-state index is 13.5. The van der Waals surface area contributed by atoms with Crippen LogP contribution in [0.4, 0.5) is 31.1 Å². The van der Waals surface area contributed by atoms with Crippen molar-refractivity contribution in [3.8, 4) is 5.75 Å². The summed E-state index contributed by atoms with van der Waals surface area (Å²) in [5.74, 6) is 0.516. The van der Waals surface area contributed by atoms with Crippen molar-refractivity contribution < 1.29 is 50.1 Å². The Hall–Kier alpha value is -3.00. The first-order valence-corrected chi connectivity index (χ1v) is 12.3. The van der Waals surface area contributed by atoms with E-state index in [0.717, 1.165) is 12.4 Å². The molecule has 14 heteroatoms. The van der Waals surface area contributed by atoms with Gasteiger partial charge in [0.15, 0.2) is 0 Å². The highest BCUT2D eigenvalue weighted by atomic mass is 19.4. The normalized spacial score (nSPS) is 20.3. The van der Waals surface area contributed by atoms with E-state index in [4.69, 9.17) is 18.9 Å². The molecule has 3 heterocycles. The average Bonchev–Trinajstić information content (AvgIpc) is 3.51. The van der Waals surface area contributed by atoms with Gasteiger partial charge in [-0.15, -0.1) is 0 Å². The van der Waals surface area contributed by atoms with Crippen LogP contribution in [0.15, 0.2) is 36.7 Å². The first kappa shape index (κ1) is 29.0. The third-order valence-corrected chi connectivity index (χ3v) is 6.93. The summed E-state index contributed by atoms with van der Waals surface area (Å²) >= 11 is 0. The Morgan fingerprint density at radius 3 is 2.44 bits per heavy atom. The minimum absolute atomic E-state index is 0.0815. The lowest BCUT2D eigenvalue weighted by atomic mass is 9.85. The molecule has 1 spiro atoms. The van der Waals surface area contributed by atoms with E-state index in [9.17, 15) is 31.1 Å². The Morgan fingerprint density at radius 2 is 1.85 bits per heavy atom. The van der Waals surface area contributed by atoms with E-state index in [1.807, 2.05) is 0 Å². The quantitative estimate of drug-likeness (QED) is 0.417. The molecule has 39 heavy (non-hydrogen) atoms. The zero-order valence-electron chi connectivity index (χ0n) is 21.1. The van der Waals surface area contributed by atoms with Crippen LogP contribution in [-0.4, -0.2) is 72.1 Å². The Balaban J connectivity index is 1.24. The number of carbonyl (C=O) groups excluding carboxylic acids is 1. The minimum Gasteiger partial charge on any atom is -0.497 e. The molecule has 0 radical (unpaired) electrons. The number of rotatable bonds is 8. The average molecular weight is 566 g/mol. The maximum Gasteiger partial charge on any atom is 0.427 e. The molecule has 1 unspecified atom stereocenters. The van der Waals surface area contributed by atoms with Crippen molar-refractivity contribution in [2.45, 2.75) is 56.5 Å². The fourth-order valence-electron chi connectivity index (χ4n) is 4.77. The molecule has 2 atom stereocenters. The van der Waals surface area contributed by atoms with Gasteiger partial charge in [0, 0.05) is 31.7 Å². The van der Waals surface area contributed by atoms with Crippen LogP contribution in [0.1, 0.15) is 30.4 Å². The molecule has 1 amide bonds. The van der Waals surface area contributed by atoms with E-state index in [1.165, 1.54) is 16.7 Å². The molecule has 216 valence electrons. The summed E-state index contributed by atoms with van der Waals surface area (Å²) in [6.07, 6.45) is -9.80. The summed E-state index contributed by atoms with van der Waals surface area (Å²) in [5, 5.41) is 3.77. The molecule has 0 saturated carbocycles. The van der Waals surface area contributed by atoms with E-state index in [-0.39, 0.29) is 32.2 Å². The largest absolute Gasteiger partial charge is 0.497 e. The van der Waals surface area contributed by atoms with Gasteiger partial charge in [0.25, 0.3) is 0 Å². The Labute approximate surface area is 220 Å². The summed E-state index contributed by atoms with van der Waals surface area (Å²) in [7, 11) is 1.50. The lowest BCUT2D eigenvalue weighted by Crippen LogP contribution is -2.49. The highest BCUT2D eigenvalue weighted by Crippen LogP contribution is 2.40. The number of nitrogens with zero attached hydrogens (tertiary/aromatic N) is 3. The number of aromatic nitrogens is 2. The second kappa shape index (κ2) is 11.6. The third-order valence-electron chi connectivity index (χ3n) is 6.93. The predicted molar refractivity (Wildman–Crippen MR) is 124 cm³/mol. The third kappa shape index (κ3) is 7.56. The molecule has 0 N–H and O–H groups in total. The first-order valence-electron chi connectivity index (χ1n) is 12.3. The molecular weight excluding hydrogens is 536 g/mol. The van der Waals surface area contributed by atoms with Crippen LogP contribution in [0.25, 0.3) is 0 Å². The predicted octanol–water partition coefficient (Wildman–Crippen LogP) is 5.07.